The first-order valence-corrected chi connectivity index (χ1v) is 10.4. The third-order valence-corrected chi connectivity index (χ3v) is 6.21. The summed E-state index contributed by atoms with van der Waals surface area (Å²) in [4.78, 5) is 15.4. The average molecular weight is 378 g/mol. The largest absolute Gasteiger partial charge is 0.399 e. The van der Waals surface area contributed by atoms with Gasteiger partial charge in [-0.2, -0.15) is 0 Å². The molecule has 2 aliphatic rings. The molecule has 4 nitrogen and oxygen atoms in total. The second-order valence-corrected chi connectivity index (χ2v) is 8.87. The van der Waals surface area contributed by atoms with Crippen LogP contribution in [0.15, 0.2) is 48.5 Å². The highest BCUT2D eigenvalue weighted by Gasteiger charge is 2.39. The predicted molar refractivity (Wildman–Crippen MR) is 114 cm³/mol. The van der Waals surface area contributed by atoms with Gasteiger partial charge in [-0.15, -0.1) is 0 Å². The van der Waals surface area contributed by atoms with Gasteiger partial charge in [0.1, 0.15) is 0 Å². The maximum Gasteiger partial charge on any atom is 0.237 e. The number of nitrogen functional groups attached to an aromatic ring is 1. The van der Waals surface area contributed by atoms with Gasteiger partial charge < -0.3 is 11.1 Å². The maximum absolute atomic E-state index is 13.1. The van der Waals surface area contributed by atoms with Crippen LogP contribution in [0.4, 0.5) is 5.69 Å². The van der Waals surface area contributed by atoms with E-state index in [1.165, 1.54) is 16.7 Å². The number of carbonyl (C=O) groups excluding carboxylic acids is 1. The maximum atomic E-state index is 13.1. The van der Waals surface area contributed by atoms with E-state index in [1.54, 1.807) is 0 Å². The fraction of sp³-hybridized carbons (Fsp3) is 0.458. The fourth-order valence-electron chi connectivity index (χ4n) is 4.75. The Morgan fingerprint density at radius 2 is 1.71 bits per heavy atom. The molecule has 0 spiro atoms. The fourth-order valence-corrected chi connectivity index (χ4v) is 4.75. The Labute approximate surface area is 168 Å². The van der Waals surface area contributed by atoms with Crippen molar-refractivity contribution in [2.45, 2.75) is 51.7 Å². The molecule has 0 bridgehead atoms. The van der Waals surface area contributed by atoms with Gasteiger partial charge in [-0.1, -0.05) is 50.2 Å². The highest BCUT2D eigenvalue weighted by Crippen LogP contribution is 2.31. The van der Waals surface area contributed by atoms with Gasteiger partial charge in [-0.25, -0.2) is 0 Å². The van der Waals surface area contributed by atoms with Gasteiger partial charge in [0.2, 0.25) is 5.91 Å². The van der Waals surface area contributed by atoms with Crippen LogP contribution in [0.1, 0.15) is 37.0 Å². The number of benzene rings is 2. The van der Waals surface area contributed by atoms with Crippen molar-refractivity contribution in [3.63, 3.8) is 0 Å². The lowest BCUT2D eigenvalue weighted by Gasteiger charge is -2.42. The number of hydrogen-bond donors (Lipinski definition) is 2. The number of amides is 1. The van der Waals surface area contributed by atoms with Crippen molar-refractivity contribution < 1.29 is 4.79 Å². The zero-order valence-corrected chi connectivity index (χ0v) is 16.9. The van der Waals surface area contributed by atoms with Crippen LogP contribution in [-0.2, 0) is 24.2 Å². The normalized spacial score (nSPS) is 23.0. The van der Waals surface area contributed by atoms with Crippen LogP contribution in [-0.4, -0.2) is 29.4 Å². The summed E-state index contributed by atoms with van der Waals surface area (Å²) in [6, 6.07) is 16.9. The topological polar surface area (TPSA) is 58.4 Å². The quantitative estimate of drug-likeness (QED) is 0.785. The van der Waals surface area contributed by atoms with Crippen molar-refractivity contribution in [2.24, 2.45) is 11.8 Å². The lowest BCUT2D eigenvalue weighted by Crippen LogP contribution is -2.62. The van der Waals surface area contributed by atoms with Crippen molar-refractivity contribution in [2.75, 3.05) is 12.3 Å². The van der Waals surface area contributed by atoms with E-state index in [4.69, 9.17) is 5.73 Å². The summed E-state index contributed by atoms with van der Waals surface area (Å²) in [5.41, 5.74) is 10.7. The Morgan fingerprint density at radius 1 is 1.07 bits per heavy atom. The molecule has 0 saturated carbocycles. The van der Waals surface area contributed by atoms with E-state index in [0.29, 0.717) is 11.8 Å². The van der Waals surface area contributed by atoms with Gasteiger partial charge in [-0.05, 0) is 59.9 Å². The zero-order chi connectivity index (χ0) is 19.7. The van der Waals surface area contributed by atoms with Crippen LogP contribution >= 0.6 is 0 Å². The Bertz CT molecular complexity index is 805. The molecule has 4 rings (SSSR count). The summed E-state index contributed by atoms with van der Waals surface area (Å²) in [5, 5.41) is 3.37. The van der Waals surface area contributed by atoms with Gasteiger partial charge >= 0.3 is 0 Å². The number of piperazine rings is 1. The van der Waals surface area contributed by atoms with Gasteiger partial charge in [-0.3, -0.25) is 9.69 Å². The number of fused-ring (bicyclic) bond motifs is 1. The molecule has 0 unspecified atom stereocenters. The highest BCUT2D eigenvalue weighted by molar-refractivity contribution is 5.83. The molecule has 4 heteroatoms. The van der Waals surface area contributed by atoms with E-state index in [0.717, 1.165) is 38.0 Å². The minimum atomic E-state index is -0.0578. The van der Waals surface area contributed by atoms with Gasteiger partial charge in [0.25, 0.3) is 0 Å². The zero-order valence-electron chi connectivity index (χ0n) is 16.9. The van der Waals surface area contributed by atoms with E-state index < -0.39 is 0 Å². The molecule has 28 heavy (non-hydrogen) atoms. The monoisotopic (exact) mass is 377 g/mol. The summed E-state index contributed by atoms with van der Waals surface area (Å²) >= 11 is 0. The molecule has 2 aromatic carbocycles. The molecule has 1 aliphatic carbocycles. The van der Waals surface area contributed by atoms with Gasteiger partial charge in [0, 0.05) is 24.8 Å². The molecule has 148 valence electrons. The van der Waals surface area contributed by atoms with Crippen molar-refractivity contribution in [3.8, 4) is 0 Å². The lowest BCUT2D eigenvalue weighted by atomic mass is 9.90. The van der Waals surface area contributed by atoms with Crippen LogP contribution in [0, 0.1) is 11.8 Å². The van der Waals surface area contributed by atoms with E-state index >= 15 is 0 Å². The van der Waals surface area contributed by atoms with Crippen molar-refractivity contribution in [1.29, 1.82) is 0 Å². The summed E-state index contributed by atoms with van der Waals surface area (Å²) < 4.78 is 0. The van der Waals surface area contributed by atoms with Crippen molar-refractivity contribution in [3.05, 3.63) is 65.2 Å². The van der Waals surface area contributed by atoms with E-state index in [1.807, 2.05) is 12.1 Å². The van der Waals surface area contributed by atoms with E-state index in [2.05, 4.69) is 60.5 Å². The molecular weight excluding hydrogens is 346 g/mol. The first kappa shape index (κ1) is 19.0. The van der Waals surface area contributed by atoms with Crippen molar-refractivity contribution >= 4 is 11.6 Å². The van der Waals surface area contributed by atoms with Crippen molar-refractivity contribution in [1.82, 2.24) is 10.2 Å². The number of nitrogens with zero attached hydrogens (tertiary/aromatic N) is 1. The molecule has 0 aromatic heterocycles. The summed E-state index contributed by atoms with van der Waals surface area (Å²) in [5.74, 6) is 1.16. The predicted octanol–water partition coefficient (Wildman–Crippen LogP) is 3.40. The Hall–Kier alpha value is -2.33. The first-order chi connectivity index (χ1) is 13.5. The molecule has 0 radical (unpaired) electrons. The minimum absolute atomic E-state index is 0.0578. The molecule has 1 fully saturated rings. The number of nitrogens with one attached hydrogen (secondary N) is 1. The average Bonchev–Trinajstić information content (AvgIpc) is 3.10. The second-order valence-electron chi connectivity index (χ2n) is 8.87. The van der Waals surface area contributed by atoms with Crippen LogP contribution in [0.25, 0.3) is 0 Å². The third kappa shape index (κ3) is 4.07. The second kappa shape index (κ2) is 7.96. The third-order valence-electron chi connectivity index (χ3n) is 6.21. The Balaban J connectivity index is 1.52. The highest BCUT2D eigenvalue weighted by atomic mass is 16.2. The number of rotatable bonds is 5. The van der Waals surface area contributed by atoms with Gasteiger partial charge in [0.15, 0.2) is 0 Å². The summed E-state index contributed by atoms with van der Waals surface area (Å²) in [7, 11) is 0. The number of anilines is 1. The summed E-state index contributed by atoms with van der Waals surface area (Å²) in [6.07, 6.45) is 3.01. The molecular formula is C24H31N3O. The SMILES string of the molecule is CC(C)C[C@@H]1C(=O)N[C@H](C2Cc3ccccc3C2)CN1Cc1ccc(N)cc1. The van der Waals surface area contributed by atoms with E-state index in [9.17, 15) is 4.79 Å². The number of hydrogen-bond acceptors (Lipinski definition) is 3. The smallest absolute Gasteiger partial charge is 0.237 e. The minimum Gasteiger partial charge on any atom is -0.399 e. The van der Waals surface area contributed by atoms with Crippen LogP contribution < -0.4 is 11.1 Å². The molecule has 1 saturated heterocycles. The molecule has 1 amide bonds. The van der Waals surface area contributed by atoms with Crippen LogP contribution in [0.5, 0.6) is 0 Å². The number of nitrogens with two attached hydrogens (primary N) is 1. The molecule has 1 aliphatic heterocycles. The van der Waals surface area contributed by atoms with E-state index in [-0.39, 0.29) is 18.0 Å². The number of carbonyl (C=O) groups is 1. The first-order valence-electron chi connectivity index (χ1n) is 10.4. The Kier molecular flexibility index (Phi) is 5.40. The standard InChI is InChI=1S/C24H31N3O/c1-16(2)11-23-24(28)26-22(20-12-18-5-3-4-6-19(18)13-20)15-27(23)14-17-7-9-21(25)10-8-17/h3-10,16,20,22-23H,11-15,25H2,1-2H3,(H,26,28)/t22-,23+/m0/s1. The van der Waals surface area contributed by atoms with Crippen LogP contribution in [0.2, 0.25) is 0 Å². The van der Waals surface area contributed by atoms with Gasteiger partial charge in [0.05, 0.1) is 6.04 Å². The molecule has 2 aromatic rings. The molecule has 3 N–H and O–H groups in total. The van der Waals surface area contributed by atoms with Crippen LogP contribution in [0.3, 0.4) is 0 Å². The molecule has 1 heterocycles. The lowest BCUT2D eigenvalue weighted by molar-refractivity contribution is -0.132. The Morgan fingerprint density at radius 3 is 2.32 bits per heavy atom. The molecule has 2 atom stereocenters. The summed E-state index contributed by atoms with van der Waals surface area (Å²) in [6.45, 7) is 6.08.